The average Bonchev–Trinajstić information content (AvgIpc) is 2.69. The zero-order valence-corrected chi connectivity index (χ0v) is 11.9. The summed E-state index contributed by atoms with van der Waals surface area (Å²) in [5.41, 5.74) is 1.35. The monoisotopic (exact) mass is 270 g/mol. The van der Waals surface area contributed by atoms with Gasteiger partial charge < -0.3 is 9.64 Å². The third-order valence-corrected chi connectivity index (χ3v) is 4.55. The van der Waals surface area contributed by atoms with Crippen LogP contribution in [0.5, 0.6) is 5.75 Å². The summed E-state index contributed by atoms with van der Waals surface area (Å²) in [5.74, 6) is 2.03. The number of hydrogen-bond donors (Lipinski definition) is 0. The third-order valence-electron chi connectivity index (χ3n) is 4.55. The number of hydrogen-bond acceptors (Lipinski definition) is 3. The lowest BCUT2D eigenvalue weighted by molar-refractivity contribution is 0.167. The number of likely N-dealkylation sites (tertiary alicyclic amines) is 1. The fraction of sp³-hybridized carbons (Fsp3) is 0.588. The molecule has 106 valence electrons. The van der Waals surface area contributed by atoms with Gasteiger partial charge in [0.15, 0.2) is 0 Å². The van der Waals surface area contributed by atoms with Gasteiger partial charge in [-0.2, -0.15) is 5.26 Å². The highest BCUT2D eigenvalue weighted by atomic mass is 16.5. The Morgan fingerprint density at radius 1 is 1.20 bits per heavy atom. The summed E-state index contributed by atoms with van der Waals surface area (Å²) in [5, 5.41) is 8.96. The summed E-state index contributed by atoms with van der Waals surface area (Å²) >= 11 is 0. The summed E-state index contributed by atoms with van der Waals surface area (Å²) < 4.78 is 5.84. The van der Waals surface area contributed by atoms with E-state index in [-0.39, 0.29) is 5.92 Å². The summed E-state index contributed by atoms with van der Waals surface area (Å²) in [7, 11) is 0. The molecule has 2 aliphatic heterocycles. The topological polar surface area (TPSA) is 36.3 Å². The number of benzene rings is 1. The van der Waals surface area contributed by atoms with E-state index in [1.165, 1.54) is 5.56 Å². The lowest BCUT2D eigenvalue weighted by atomic mass is 9.93. The molecule has 0 aromatic heterocycles. The minimum absolute atomic E-state index is 0.282. The first-order chi connectivity index (χ1) is 9.85. The molecule has 1 aromatic rings. The number of fused-ring (bicyclic) bond motifs is 1. The number of nitrogens with zero attached hydrogens (tertiary/aromatic N) is 2. The second-order valence-corrected chi connectivity index (χ2v) is 6.02. The molecule has 0 spiro atoms. The Labute approximate surface area is 121 Å². The first-order valence-corrected chi connectivity index (χ1v) is 7.68. The van der Waals surface area contributed by atoms with E-state index in [0.717, 1.165) is 57.7 Å². The van der Waals surface area contributed by atoms with Crippen molar-refractivity contribution in [2.24, 2.45) is 11.8 Å². The molecule has 3 heteroatoms. The Hall–Kier alpha value is -1.53. The highest BCUT2D eigenvalue weighted by Gasteiger charge is 2.23. The molecule has 0 bridgehead atoms. The number of para-hydroxylation sites is 1. The molecular formula is C17H22N2O. The maximum Gasteiger partial charge on any atom is 0.122 e. The van der Waals surface area contributed by atoms with Gasteiger partial charge in [0.2, 0.25) is 0 Å². The molecule has 0 radical (unpaired) electrons. The Balaban J connectivity index is 1.58. The molecule has 0 N–H and O–H groups in total. The largest absolute Gasteiger partial charge is 0.493 e. The number of piperidine rings is 1. The van der Waals surface area contributed by atoms with Gasteiger partial charge in [-0.25, -0.2) is 0 Å². The Morgan fingerprint density at radius 2 is 2.00 bits per heavy atom. The van der Waals surface area contributed by atoms with Gasteiger partial charge in [-0.05, 0) is 56.3 Å². The van der Waals surface area contributed by atoms with Crippen molar-refractivity contribution >= 4 is 0 Å². The van der Waals surface area contributed by atoms with Crippen LogP contribution in [0.15, 0.2) is 24.3 Å². The minimum Gasteiger partial charge on any atom is -0.493 e. The van der Waals surface area contributed by atoms with Gasteiger partial charge in [0.25, 0.3) is 0 Å². The van der Waals surface area contributed by atoms with Crippen LogP contribution in [0.3, 0.4) is 0 Å². The average molecular weight is 270 g/mol. The van der Waals surface area contributed by atoms with Gasteiger partial charge in [-0.15, -0.1) is 0 Å². The van der Waals surface area contributed by atoms with Crippen molar-refractivity contribution in [3.8, 4) is 11.8 Å². The van der Waals surface area contributed by atoms with Gasteiger partial charge >= 0.3 is 0 Å². The molecule has 2 heterocycles. The zero-order valence-electron chi connectivity index (χ0n) is 11.9. The Kier molecular flexibility index (Phi) is 4.22. The quantitative estimate of drug-likeness (QED) is 0.829. The van der Waals surface area contributed by atoms with E-state index in [1.807, 2.05) is 6.07 Å². The summed E-state index contributed by atoms with van der Waals surface area (Å²) in [6, 6.07) is 10.8. The lowest BCUT2D eigenvalue weighted by Gasteiger charge is -2.31. The zero-order chi connectivity index (χ0) is 13.8. The second kappa shape index (κ2) is 6.28. The van der Waals surface area contributed by atoms with Crippen LogP contribution in [0.1, 0.15) is 24.8 Å². The highest BCUT2D eigenvalue weighted by molar-refractivity contribution is 5.34. The highest BCUT2D eigenvalue weighted by Crippen LogP contribution is 2.28. The van der Waals surface area contributed by atoms with Crippen LogP contribution in [-0.4, -0.2) is 31.1 Å². The van der Waals surface area contributed by atoms with E-state index in [0.29, 0.717) is 5.92 Å². The summed E-state index contributed by atoms with van der Waals surface area (Å²) in [6.45, 7) is 4.14. The molecule has 0 amide bonds. The van der Waals surface area contributed by atoms with E-state index in [9.17, 15) is 0 Å². The summed E-state index contributed by atoms with van der Waals surface area (Å²) in [6.07, 6.45) is 4.33. The first-order valence-electron chi connectivity index (χ1n) is 7.68. The van der Waals surface area contributed by atoms with E-state index >= 15 is 0 Å². The molecule has 2 aliphatic rings. The Morgan fingerprint density at radius 3 is 2.80 bits per heavy atom. The minimum atomic E-state index is 0.282. The molecule has 1 atom stereocenters. The van der Waals surface area contributed by atoms with E-state index in [4.69, 9.17) is 10.00 Å². The molecule has 1 fully saturated rings. The first kappa shape index (κ1) is 13.5. The van der Waals surface area contributed by atoms with Crippen LogP contribution >= 0.6 is 0 Å². The van der Waals surface area contributed by atoms with E-state index < -0.39 is 0 Å². The van der Waals surface area contributed by atoms with Crippen LogP contribution < -0.4 is 4.74 Å². The standard InChI is InChI=1S/C17H22N2O/c18-12-14-5-8-19(9-6-14)13-15-7-10-20-17-4-2-1-3-16(17)11-15/h1-4,14-15H,5-11,13H2/t15-/m0/s1. The predicted molar refractivity (Wildman–Crippen MR) is 78.5 cm³/mol. The fourth-order valence-electron chi connectivity index (χ4n) is 3.33. The molecule has 20 heavy (non-hydrogen) atoms. The number of nitriles is 1. The van der Waals surface area contributed by atoms with Crippen LogP contribution in [0.2, 0.25) is 0 Å². The van der Waals surface area contributed by atoms with Crippen molar-refractivity contribution in [2.45, 2.75) is 25.7 Å². The van der Waals surface area contributed by atoms with Gasteiger partial charge in [0.1, 0.15) is 5.75 Å². The van der Waals surface area contributed by atoms with Crippen LogP contribution in [0.25, 0.3) is 0 Å². The predicted octanol–water partition coefficient (Wildman–Crippen LogP) is 2.86. The maximum atomic E-state index is 8.96. The van der Waals surface area contributed by atoms with Crippen LogP contribution in [0, 0.1) is 23.2 Å². The van der Waals surface area contributed by atoms with Crippen molar-refractivity contribution in [1.29, 1.82) is 5.26 Å². The van der Waals surface area contributed by atoms with Gasteiger partial charge in [0.05, 0.1) is 12.7 Å². The molecule has 0 saturated carbocycles. The molecule has 3 rings (SSSR count). The number of rotatable bonds is 2. The van der Waals surface area contributed by atoms with E-state index in [1.54, 1.807) is 0 Å². The van der Waals surface area contributed by atoms with Crippen molar-refractivity contribution in [1.82, 2.24) is 4.90 Å². The normalized spacial score (nSPS) is 24.2. The van der Waals surface area contributed by atoms with E-state index in [2.05, 4.69) is 29.2 Å². The van der Waals surface area contributed by atoms with Crippen LogP contribution in [-0.2, 0) is 6.42 Å². The Bertz CT molecular complexity index is 486. The maximum absolute atomic E-state index is 8.96. The van der Waals surface area contributed by atoms with Crippen molar-refractivity contribution in [2.75, 3.05) is 26.2 Å². The van der Waals surface area contributed by atoms with Crippen LogP contribution in [0.4, 0.5) is 0 Å². The fourth-order valence-corrected chi connectivity index (χ4v) is 3.33. The molecular weight excluding hydrogens is 248 g/mol. The smallest absolute Gasteiger partial charge is 0.122 e. The van der Waals surface area contributed by atoms with Crippen molar-refractivity contribution in [3.63, 3.8) is 0 Å². The van der Waals surface area contributed by atoms with Crippen molar-refractivity contribution in [3.05, 3.63) is 29.8 Å². The SMILES string of the molecule is N#CC1CCN(C[C@H]2CCOc3ccccc3C2)CC1. The molecule has 1 saturated heterocycles. The van der Waals surface area contributed by atoms with Gasteiger partial charge in [-0.3, -0.25) is 0 Å². The van der Waals surface area contributed by atoms with Crippen molar-refractivity contribution < 1.29 is 4.74 Å². The molecule has 0 unspecified atom stereocenters. The summed E-state index contributed by atoms with van der Waals surface area (Å²) in [4.78, 5) is 2.53. The molecule has 3 nitrogen and oxygen atoms in total. The lowest BCUT2D eigenvalue weighted by Crippen LogP contribution is -2.37. The third kappa shape index (κ3) is 3.13. The second-order valence-electron chi connectivity index (χ2n) is 6.02. The number of ether oxygens (including phenoxy) is 1. The molecule has 1 aromatic carbocycles. The van der Waals surface area contributed by atoms with Gasteiger partial charge in [-0.1, -0.05) is 18.2 Å². The van der Waals surface area contributed by atoms with Gasteiger partial charge in [0, 0.05) is 12.5 Å². The molecule has 0 aliphatic carbocycles.